The van der Waals surface area contributed by atoms with E-state index in [0.29, 0.717) is 5.75 Å². The second kappa shape index (κ2) is 5.30. The molecule has 0 heterocycles. The molecule has 0 bridgehead atoms. The number of hydrogen-bond acceptors (Lipinski definition) is 1. The molecule has 0 N–H and O–H groups in total. The van der Waals surface area contributed by atoms with Crippen molar-refractivity contribution in [1.29, 1.82) is 0 Å². The van der Waals surface area contributed by atoms with Gasteiger partial charge in [0.25, 0.3) is 0 Å². The highest BCUT2D eigenvalue weighted by Gasteiger charge is 2.04. The minimum Gasteiger partial charge on any atom is -0.454 e. The smallest absolute Gasteiger partial charge is 0.165 e. The molecular weight excluding hydrogens is 215 g/mol. The molecule has 2 rings (SSSR count). The molecule has 2 aromatic rings. The molecular formula is C15H13FO. The molecule has 17 heavy (non-hydrogen) atoms. The first-order valence-corrected chi connectivity index (χ1v) is 5.45. The number of hydrogen-bond donors (Lipinski definition) is 0. The van der Waals surface area contributed by atoms with Crippen LogP contribution in [0.4, 0.5) is 4.39 Å². The minimum atomic E-state index is -0.359. The lowest BCUT2D eigenvalue weighted by molar-refractivity contribution is 0.442. The number of halogens is 1. The van der Waals surface area contributed by atoms with Gasteiger partial charge in [0.2, 0.25) is 0 Å². The zero-order chi connectivity index (χ0) is 12.1. The van der Waals surface area contributed by atoms with Gasteiger partial charge in [-0.1, -0.05) is 36.4 Å². The molecule has 1 nitrogen and oxygen atoms in total. The fraction of sp³-hybridized carbons (Fsp3) is 0.0667. The molecule has 0 aromatic heterocycles. The van der Waals surface area contributed by atoms with Crippen LogP contribution in [0.5, 0.6) is 11.5 Å². The molecule has 2 aromatic carbocycles. The van der Waals surface area contributed by atoms with E-state index in [0.717, 1.165) is 5.56 Å². The van der Waals surface area contributed by atoms with Crippen LogP contribution < -0.4 is 4.74 Å². The van der Waals surface area contributed by atoms with Gasteiger partial charge in [0.1, 0.15) is 5.75 Å². The Morgan fingerprint density at radius 1 is 1.06 bits per heavy atom. The second-order valence-corrected chi connectivity index (χ2v) is 3.60. The highest BCUT2D eigenvalue weighted by molar-refractivity contribution is 5.52. The number of para-hydroxylation sites is 1. The molecule has 0 aliphatic rings. The van der Waals surface area contributed by atoms with Crippen molar-refractivity contribution >= 4 is 6.08 Å². The lowest BCUT2D eigenvalue weighted by atomic mass is 10.2. The topological polar surface area (TPSA) is 9.23 Å². The van der Waals surface area contributed by atoms with Crippen LogP contribution >= 0.6 is 0 Å². The van der Waals surface area contributed by atoms with Crippen molar-refractivity contribution in [3.8, 4) is 11.5 Å². The van der Waals surface area contributed by atoms with Gasteiger partial charge in [-0.3, -0.25) is 0 Å². The maximum atomic E-state index is 13.5. The highest BCUT2D eigenvalue weighted by Crippen LogP contribution is 2.25. The molecule has 0 aliphatic carbocycles. The Balaban J connectivity index is 2.29. The average Bonchev–Trinajstić information content (AvgIpc) is 2.35. The summed E-state index contributed by atoms with van der Waals surface area (Å²) in [6.45, 7) is 1.92. The van der Waals surface area contributed by atoms with Gasteiger partial charge in [0.15, 0.2) is 11.6 Å². The lowest BCUT2D eigenvalue weighted by Gasteiger charge is -2.07. The number of allylic oxidation sites excluding steroid dienone is 1. The second-order valence-electron chi connectivity index (χ2n) is 3.60. The van der Waals surface area contributed by atoms with E-state index in [-0.39, 0.29) is 11.6 Å². The molecule has 86 valence electrons. The fourth-order valence-electron chi connectivity index (χ4n) is 1.51. The number of benzene rings is 2. The van der Waals surface area contributed by atoms with Crippen LogP contribution in [-0.4, -0.2) is 0 Å². The van der Waals surface area contributed by atoms with Gasteiger partial charge in [0, 0.05) is 0 Å². The van der Waals surface area contributed by atoms with E-state index < -0.39 is 0 Å². The molecule has 0 radical (unpaired) electrons. The van der Waals surface area contributed by atoms with Gasteiger partial charge in [-0.15, -0.1) is 0 Å². The SMILES string of the molecule is C/C=C\c1ccc(F)c(Oc2ccccc2)c1. The number of rotatable bonds is 3. The van der Waals surface area contributed by atoms with E-state index >= 15 is 0 Å². The van der Waals surface area contributed by atoms with Crippen molar-refractivity contribution in [3.63, 3.8) is 0 Å². The Hall–Kier alpha value is -2.09. The summed E-state index contributed by atoms with van der Waals surface area (Å²) in [4.78, 5) is 0. The maximum Gasteiger partial charge on any atom is 0.165 e. The monoisotopic (exact) mass is 228 g/mol. The zero-order valence-corrected chi connectivity index (χ0v) is 9.56. The van der Waals surface area contributed by atoms with E-state index in [2.05, 4.69) is 0 Å². The molecule has 0 aliphatic heterocycles. The first-order chi connectivity index (χ1) is 8.29. The quantitative estimate of drug-likeness (QED) is 0.742. The summed E-state index contributed by atoms with van der Waals surface area (Å²) in [5.41, 5.74) is 0.917. The third kappa shape index (κ3) is 2.94. The summed E-state index contributed by atoms with van der Waals surface area (Å²) < 4.78 is 19.0. The first kappa shape index (κ1) is 11.4. The summed E-state index contributed by atoms with van der Waals surface area (Å²) in [6.07, 6.45) is 3.80. The third-order valence-electron chi connectivity index (χ3n) is 2.29. The largest absolute Gasteiger partial charge is 0.454 e. The van der Waals surface area contributed by atoms with E-state index in [1.807, 2.05) is 37.3 Å². The van der Waals surface area contributed by atoms with Crippen LogP contribution in [0, 0.1) is 5.82 Å². The van der Waals surface area contributed by atoms with Crippen molar-refractivity contribution in [2.75, 3.05) is 0 Å². The van der Waals surface area contributed by atoms with Crippen molar-refractivity contribution in [2.24, 2.45) is 0 Å². The summed E-state index contributed by atoms with van der Waals surface area (Å²) in [6, 6.07) is 14.0. The maximum absolute atomic E-state index is 13.5. The predicted molar refractivity (Wildman–Crippen MR) is 67.6 cm³/mol. The van der Waals surface area contributed by atoms with Gasteiger partial charge < -0.3 is 4.74 Å². The van der Waals surface area contributed by atoms with Crippen molar-refractivity contribution < 1.29 is 9.13 Å². The third-order valence-corrected chi connectivity index (χ3v) is 2.29. The standard InChI is InChI=1S/C15H13FO/c1-2-6-12-9-10-14(16)15(11-12)17-13-7-4-3-5-8-13/h2-11H,1H3/b6-2-. The Bertz CT molecular complexity index is 518. The van der Waals surface area contributed by atoms with Crippen LogP contribution in [0.25, 0.3) is 6.08 Å². The van der Waals surface area contributed by atoms with Crippen molar-refractivity contribution in [3.05, 3.63) is 66.0 Å². The molecule has 0 amide bonds. The van der Waals surface area contributed by atoms with E-state index in [1.54, 1.807) is 24.3 Å². The van der Waals surface area contributed by atoms with Crippen molar-refractivity contribution in [2.45, 2.75) is 6.92 Å². The Labute approximate surface area is 100 Å². The van der Waals surface area contributed by atoms with Crippen LogP contribution in [0.1, 0.15) is 12.5 Å². The van der Waals surface area contributed by atoms with Gasteiger partial charge in [-0.2, -0.15) is 0 Å². The molecule has 0 saturated carbocycles. The van der Waals surface area contributed by atoms with Gasteiger partial charge >= 0.3 is 0 Å². The summed E-state index contributed by atoms with van der Waals surface area (Å²) in [5.74, 6) is 0.512. The molecule has 0 spiro atoms. The van der Waals surface area contributed by atoms with Crippen LogP contribution in [0.15, 0.2) is 54.6 Å². The average molecular weight is 228 g/mol. The predicted octanol–water partition coefficient (Wildman–Crippen LogP) is 4.65. The van der Waals surface area contributed by atoms with Gasteiger partial charge in [-0.25, -0.2) is 4.39 Å². The van der Waals surface area contributed by atoms with Gasteiger partial charge in [-0.05, 0) is 36.8 Å². The van der Waals surface area contributed by atoms with Crippen molar-refractivity contribution in [1.82, 2.24) is 0 Å². The molecule has 0 atom stereocenters. The van der Waals surface area contributed by atoms with E-state index in [1.165, 1.54) is 6.07 Å². The number of ether oxygens (including phenoxy) is 1. The summed E-state index contributed by atoms with van der Waals surface area (Å²) >= 11 is 0. The molecule has 0 unspecified atom stereocenters. The van der Waals surface area contributed by atoms with E-state index in [4.69, 9.17) is 4.74 Å². The molecule has 2 heteroatoms. The highest BCUT2D eigenvalue weighted by atomic mass is 19.1. The van der Waals surface area contributed by atoms with Crippen LogP contribution in [0.3, 0.4) is 0 Å². The minimum absolute atomic E-state index is 0.242. The van der Waals surface area contributed by atoms with Crippen LogP contribution in [-0.2, 0) is 0 Å². The Kier molecular flexibility index (Phi) is 3.55. The lowest BCUT2D eigenvalue weighted by Crippen LogP contribution is -1.88. The molecule has 0 saturated heterocycles. The Morgan fingerprint density at radius 3 is 2.53 bits per heavy atom. The van der Waals surface area contributed by atoms with Crippen LogP contribution in [0.2, 0.25) is 0 Å². The van der Waals surface area contributed by atoms with E-state index in [9.17, 15) is 4.39 Å². The summed E-state index contributed by atoms with van der Waals surface area (Å²) in [5, 5.41) is 0. The van der Waals surface area contributed by atoms with Gasteiger partial charge in [0.05, 0.1) is 0 Å². The summed E-state index contributed by atoms with van der Waals surface area (Å²) in [7, 11) is 0. The fourth-order valence-corrected chi connectivity index (χ4v) is 1.51. The Morgan fingerprint density at radius 2 is 1.82 bits per heavy atom. The zero-order valence-electron chi connectivity index (χ0n) is 9.56. The normalized spacial score (nSPS) is 10.7. The molecule has 0 fully saturated rings. The first-order valence-electron chi connectivity index (χ1n) is 5.45.